The van der Waals surface area contributed by atoms with Crippen LogP contribution in [0.5, 0.6) is 0 Å². The zero-order valence-electron chi connectivity index (χ0n) is 8.46. The van der Waals surface area contributed by atoms with Crippen LogP contribution in [0.4, 0.5) is 0 Å². The third-order valence-electron chi connectivity index (χ3n) is 2.83. The summed E-state index contributed by atoms with van der Waals surface area (Å²) >= 11 is 0. The second kappa shape index (κ2) is 3.49. The molecule has 0 radical (unpaired) electrons. The molecule has 0 N–H and O–H groups in total. The largest absolute Gasteiger partial charge is 0.264 e. The van der Waals surface area contributed by atoms with Crippen molar-refractivity contribution < 1.29 is 0 Å². The second-order valence-corrected chi connectivity index (χ2v) is 4.55. The highest BCUT2D eigenvalue weighted by Gasteiger charge is 2.21. The van der Waals surface area contributed by atoms with Crippen molar-refractivity contribution in [1.82, 2.24) is 4.98 Å². The van der Waals surface area contributed by atoms with Crippen LogP contribution in [-0.4, -0.2) is 4.98 Å². The molecule has 1 aliphatic carbocycles. The smallest absolute Gasteiger partial charge is 0.0302 e. The molecular weight excluding hydrogens is 158 g/mol. The summed E-state index contributed by atoms with van der Waals surface area (Å²) in [4.78, 5) is 4.17. The van der Waals surface area contributed by atoms with Gasteiger partial charge in [0.05, 0.1) is 0 Å². The van der Waals surface area contributed by atoms with E-state index in [4.69, 9.17) is 0 Å². The summed E-state index contributed by atoms with van der Waals surface area (Å²) in [6, 6.07) is 2.18. The summed E-state index contributed by atoms with van der Waals surface area (Å²) < 4.78 is 0. The van der Waals surface area contributed by atoms with Gasteiger partial charge in [-0.1, -0.05) is 13.8 Å². The zero-order chi connectivity index (χ0) is 9.26. The van der Waals surface area contributed by atoms with Crippen molar-refractivity contribution in [3.63, 3.8) is 0 Å². The molecule has 0 fully saturated rings. The molecule has 2 rings (SSSR count). The lowest BCUT2D eigenvalue weighted by atomic mass is 9.95. The summed E-state index contributed by atoms with van der Waals surface area (Å²) in [7, 11) is 0. The predicted octanol–water partition coefficient (Wildman–Crippen LogP) is 2.84. The van der Waals surface area contributed by atoms with E-state index in [1.54, 1.807) is 0 Å². The molecule has 0 amide bonds. The number of nitrogens with zero attached hydrogens (tertiary/aromatic N) is 1. The molecule has 1 unspecified atom stereocenters. The van der Waals surface area contributed by atoms with Crippen molar-refractivity contribution in [1.29, 1.82) is 0 Å². The fraction of sp³-hybridized carbons (Fsp3) is 0.583. The monoisotopic (exact) mass is 175 g/mol. The molecule has 1 heteroatoms. The highest BCUT2D eigenvalue weighted by Crippen LogP contribution is 2.29. The van der Waals surface area contributed by atoms with E-state index >= 15 is 0 Å². The number of pyridine rings is 1. The van der Waals surface area contributed by atoms with Crippen molar-refractivity contribution >= 4 is 0 Å². The third kappa shape index (κ3) is 1.90. The van der Waals surface area contributed by atoms with Gasteiger partial charge in [0, 0.05) is 12.4 Å². The lowest BCUT2D eigenvalue weighted by molar-refractivity contribution is 0.426. The molecule has 0 saturated carbocycles. The Labute approximate surface area is 80.2 Å². The molecule has 1 nitrogen and oxygen atoms in total. The van der Waals surface area contributed by atoms with Crippen LogP contribution in [0, 0.1) is 11.8 Å². The van der Waals surface area contributed by atoms with Crippen molar-refractivity contribution in [2.24, 2.45) is 11.8 Å². The van der Waals surface area contributed by atoms with E-state index in [-0.39, 0.29) is 0 Å². The lowest BCUT2D eigenvalue weighted by Gasteiger charge is -2.10. The molecule has 1 atom stereocenters. The maximum atomic E-state index is 4.17. The van der Waals surface area contributed by atoms with Gasteiger partial charge >= 0.3 is 0 Å². The number of hydrogen-bond donors (Lipinski definition) is 0. The van der Waals surface area contributed by atoms with Gasteiger partial charge in [-0.2, -0.15) is 0 Å². The Hall–Kier alpha value is -0.850. The first-order valence-electron chi connectivity index (χ1n) is 5.17. The van der Waals surface area contributed by atoms with Crippen molar-refractivity contribution in [2.75, 3.05) is 0 Å². The normalized spacial score (nSPS) is 20.7. The van der Waals surface area contributed by atoms with Crippen molar-refractivity contribution in [2.45, 2.75) is 33.1 Å². The lowest BCUT2D eigenvalue weighted by Crippen LogP contribution is -2.03. The van der Waals surface area contributed by atoms with Crippen LogP contribution in [0.25, 0.3) is 0 Å². The van der Waals surface area contributed by atoms with Crippen LogP contribution in [0.1, 0.15) is 31.4 Å². The van der Waals surface area contributed by atoms with E-state index in [1.807, 2.05) is 12.4 Å². The summed E-state index contributed by atoms with van der Waals surface area (Å²) in [5, 5.41) is 0. The van der Waals surface area contributed by atoms with E-state index in [9.17, 15) is 0 Å². The van der Waals surface area contributed by atoms with Crippen LogP contribution >= 0.6 is 0 Å². The van der Waals surface area contributed by atoms with Gasteiger partial charge in [0.15, 0.2) is 0 Å². The van der Waals surface area contributed by atoms with Crippen LogP contribution in [0.15, 0.2) is 18.5 Å². The molecule has 1 aromatic heterocycles. The van der Waals surface area contributed by atoms with E-state index in [0.29, 0.717) is 0 Å². The average Bonchev–Trinajstić information content (AvgIpc) is 2.44. The molecule has 0 aliphatic heterocycles. The van der Waals surface area contributed by atoms with Crippen LogP contribution in [0.2, 0.25) is 0 Å². The summed E-state index contributed by atoms with van der Waals surface area (Å²) in [5.41, 5.74) is 3.01. The fourth-order valence-electron chi connectivity index (χ4n) is 2.37. The average molecular weight is 175 g/mol. The van der Waals surface area contributed by atoms with Crippen LogP contribution in [-0.2, 0) is 12.8 Å². The van der Waals surface area contributed by atoms with E-state index in [0.717, 1.165) is 11.8 Å². The first kappa shape index (κ1) is 8.74. The highest BCUT2D eigenvalue weighted by atomic mass is 14.6. The van der Waals surface area contributed by atoms with Crippen molar-refractivity contribution in [3.8, 4) is 0 Å². The molecule has 0 bridgehead atoms. The van der Waals surface area contributed by atoms with Gasteiger partial charge < -0.3 is 0 Å². The molecule has 70 valence electrons. The Kier molecular flexibility index (Phi) is 2.34. The summed E-state index contributed by atoms with van der Waals surface area (Å²) in [6.07, 6.45) is 7.83. The Morgan fingerprint density at radius 2 is 2.15 bits per heavy atom. The van der Waals surface area contributed by atoms with Gasteiger partial charge in [-0.3, -0.25) is 4.98 Å². The molecule has 0 saturated heterocycles. The minimum Gasteiger partial charge on any atom is -0.264 e. The fourth-order valence-corrected chi connectivity index (χ4v) is 2.37. The Balaban J connectivity index is 2.05. The standard InChI is InChI=1S/C12H17N/c1-9(2)5-10-6-11-3-4-13-8-12(11)7-10/h3-4,8-10H,5-7H2,1-2H3. The SMILES string of the molecule is CC(C)CC1Cc2ccncc2C1. The second-order valence-electron chi connectivity index (χ2n) is 4.55. The topological polar surface area (TPSA) is 12.9 Å². The van der Waals surface area contributed by atoms with E-state index < -0.39 is 0 Å². The zero-order valence-corrected chi connectivity index (χ0v) is 8.46. The van der Waals surface area contributed by atoms with E-state index in [1.165, 1.54) is 30.4 Å². The maximum Gasteiger partial charge on any atom is 0.0302 e. The minimum absolute atomic E-state index is 0.826. The van der Waals surface area contributed by atoms with Gasteiger partial charge in [-0.15, -0.1) is 0 Å². The molecular formula is C12H17N. The van der Waals surface area contributed by atoms with Gasteiger partial charge in [0.25, 0.3) is 0 Å². The predicted molar refractivity (Wildman–Crippen MR) is 54.6 cm³/mol. The first-order valence-corrected chi connectivity index (χ1v) is 5.17. The molecule has 13 heavy (non-hydrogen) atoms. The Morgan fingerprint density at radius 1 is 1.38 bits per heavy atom. The number of hydrogen-bond acceptors (Lipinski definition) is 1. The van der Waals surface area contributed by atoms with Gasteiger partial charge in [-0.25, -0.2) is 0 Å². The van der Waals surface area contributed by atoms with Crippen molar-refractivity contribution in [3.05, 3.63) is 29.6 Å². The molecule has 1 aliphatic rings. The van der Waals surface area contributed by atoms with Gasteiger partial charge in [0.2, 0.25) is 0 Å². The van der Waals surface area contributed by atoms with Crippen LogP contribution < -0.4 is 0 Å². The van der Waals surface area contributed by atoms with Gasteiger partial charge in [0.1, 0.15) is 0 Å². The van der Waals surface area contributed by atoms with E-state index in [2.05, 4.69) is 24.9 Å². The summed E-state index contributed by atoms with van der Waals surface area (Å²) in [6.45, 7) is 4.61. The molecule has 0 aromatic carbocycles. The molecule has 1 aromatic rings. The quantitative estimate of drug-likeness (QED) is 0.673. The minimum atomic E-state index is 0.826. The Bertz CT molecular complexity index is 266. The first-order chi connectivity index (χ1) is 6.25. The third-order valence-corrected chi connectivity index (χ3v) is 2.83. The summed E-state index contributed by atoms with van der Waals surface area (Å²) in [5.74, 6) is 1.70. The molecule has 1 heterocycles. The van der Waals surface area contributed by atoms with Gasteiger partial charge in [-0.05, 0) is 48.3 Å². The molecule has 0 spiro atoms. The Morgan fingerprint density at radius 3 is 2.85 bits per heavy atom. The van der Waals surface area contributed by atoms with Crippen LogP contribution in [0.3, 0.4) is 0 Å². The maximum absolute atomic E-state index is 4.17. The highest BCUT2D eigenvalue weighted by molar-refractivity contribution is 5.28. The number of rotatable bonds is 2. The number of aromatic nitrogens is 1. The number of fused-ring (bicyclic) bond motifs is 1.